The van der Waals surface area contributed by atoms with Crippen LogP contribution >= 0.6 is 0 Å². The van der Waals surface area contributed by atoms with Gasteiger partial charge < -0.3 is 9.73 Å². The highest BCUT2D eigenvalue weighted by molar-refractivity contribution is 7.89. The van der Waals surface area contributed by atoms with Gasteiger partial charge in [0.1, 0.15) is 11.5 Å². The summed E-state index contributed by atoms with van der Waals surface area (Å²) < 4.78 is 32.3. The number of sulfonamides is 1. The smallest absolute Gasteiger partial charge is 0.259 e. The van der Waals surface area contributed by atoms with Gasteiger partial charge in [0.25, 0.3) is 5.91 Å². The zero-order chi connectivity index (χ0) is 18.8. The van der Waals surface area contributed by atoms with E-state index >= 15 is 0 Å². The van der Waals surface area contributed by atoms with Gasteiger partial charge >= 0.3 is 0 Å². The number of nitrogens with zero attached hydrogens (tertiary/aromatic N) is 1. The molecule has 1 N–H and O–H groups in total. The molecule has 0 radical (unpaired) electrons. The lowest BCUT2D eigenvalue weighted by Crippen LogP contribution is -2.31. The van der Waals surface area contributed by atoms with Gasteiger partial charge in [0.15, 0.2) is 0 Å². The number of nitrogens with one attached hydrogen (secondary N) is 1. The van der Waals surface area contributed by atoms with E-state index in [1.807, 2.05) is 0 Å². The second kappa shape index (κ2) is 7.41. The van der Waals surface area contributed by atoms with Crippen molar-refractivity contribution in [2.45, 2.75) is 39.5 Å². The molecule has 25 heavy (non-hydrogen) atoms. The molecular weight excluding hydrogens is 340 g/mol. The Morgan fingerprint density at radius 2 is 1.76 bits per heavy atom. The van der Waals surface area contributed by atoms with Crippen LogP contribution in [0.2, 0.25) is 0 Å². The van der Waals surface area contributed by atoms with Gasteiger partial charge in [-0.2, -0.15) is 4.31 Å². The summed E-state index contributed by atoms with van der Waals surface area (Å²) in [6.45, 7) is 9.60. The maximum atomic E-state index is 12.8. The molecular formula is C18H24N2O4S. The Balaban J connectivity index is 2.36. The molecule has 0 bridgehead atoms. The number of hydrogen-bond acceptors (Lipinski definition) is 4. The average Bonchev–Trinajstić information content (AvgIpc) is 2.88. The quantitative estimate of drug-likeness (QED) is 0.851. The number of benzene rings is 1. The van der Waals surface area contributed by atoms with Crippen LogP contribution in [0.15, 0.2) is 33.6 Å². The number of carbonyl (C=O) groups excluding carboxylic acids is 1. The van der Waals surface area contributed by atoms with Crippen LogP contribution in [0.1, 0.15) is 41.3 Å². The summed E-state index contributed by atoms with van der Waals surface area (Å²) in [6.07, 6.45) is 0. The van der Waals surface area contributed by atoms with Gasteiger partial charge in [-0.25, -0.2) is 8.42 Å². The van der Waals surface area contributed by atoms with E-state index in [4.69, 9.17) is 4.42 Å². The van der Waals surface area contributed by atoms with Gasteiger partial charge in [-0.3, -0.25) is 4.79 Å². The standard InChI is InChI=1S/C18H24N2O4S/c1-6-20(7-2)25(22,23)17-11-15(9-8-12(17)3)19-18(21)16-10-13(4)24-14(16)5/h8-11H,6-7H2,1-5H3,(H,19,21). The van der Waals surface area contributed by atoms with Crippen molar-refractivity contribution in [3.63, 3.8) is 0 Å². The first-order valence-electron chi connectivity index (χ1n) is 8.19. The van der Waals surface area contributed by atoms with Gasteiger partial charge in [0.05, 0.1) is 10.5 Å². The minimum atomic E-state index is -3.60. The maximum absolute atomic E-state index is 12.8. The fraction of sp³-hybridized carbons (Fsp3) is 0.389. The number of rotatable bonds is 6. The number of furan rings is 1. The van der Waals surface area contributed by atoms with E-state index in [-0.39, 0.29) is 10.8 Å². The lowest BCUT2D eigenvalue weighted by molar-refractivity contribution is 0.102. The van der Waals surface area contributed by atoms with E-state index in [1.165, 1.54) is 10.4 Å². The lowest BCUT2D eigenvalue weighted by atomic mass is 10.2. The first-order valence-corrected chi connectivity index (χ1v) is 9.63. The molecule has 0 aliphatic rings. The summed E-state index contributed by atoms with van der Waals surface area (Å²) in [5, 5.41) is 2.75. The van der Waals surface area contributed by atoms with Gasteiger partial charge in [-0.1, -0.05) is 19.9 Å². The first-order chi connectivity index (χ1) is 11.7. The Bertz CT molecular complexity index is 880. The van der Waals surface area contributed by atoms with E-state index in [1.54, 1.807) is 52.8 Å². The molecule has 0 fully saturated rings. The fourth-order valence-corrected chi connectivity index (χ4v) is 4.42. The van der Waals surface area contributed by atoms with Gasteiger partial charge in [-0.15, -0.1) is 0 Å². The predicted molar refractivity (Wildman–Crippen MR) is 97.4 cm³/mol. The zero-order valence-electron chi connectivity index (χ0n) is 15.2. The van der Waals surface area contributed by atoms with Crippen LogP contribution in [0.4, 0.5) is 5.69 Å². The molecule has 2 rings (SSSR count). The molecule has 6 nitrogen and oxygen atoms in total. The van der Waals surface area contributed by atoms with Crippen molar-refractivity contribution < 1.29 is 17.6 Å². The summed E-state index contributed by atoms with van der Waals surface area (Å²) >= 11 is 0. The van der Waals surface area contributed by atoms with Crippen molar-refractivity contribution in [3.05, 3.63) is 46.9 Å². The molecule has 0 spiro atoms. The highest BCUT2D eigenvalue weighted by Gasteiger charge is 2.24. The highest BCUT2D eigenvalue weighted by atomic mass is 32.2. The number of anilines is 1. The van der Waals surface area contributed by atoms with Crippen LogP contribution in [-0.2, 0) is 10.0 Å². The normalized spacial score (nSPS) is 11.8. The summed E-state index contributed by atoms with van der Waals surface area (Å²) in [6, 6.07) is 6.55. The molecule has 2 aromatic rings. The second-order valence-corrected chi connectivity index (χ2v) is 7.76. The summed E-state index contributed by atoms with van der Waals surface area (Å²) in [5.74, 6) is 0.846. The third kappa shape index (κ3) is 3.93. The average molecular weight is 364 g/mol. The van der Waals surface area contributed by atoms with Gasteiger partial charge in [0, 0.05) is 18.8 Å². The van der Waals surface area contributed by atoms with Crippen LogP contribution in [0.25, 0.3) is 0 Å². The Morgan fingerprint density at radius 1 is 1.12 bits per heavy atom. The third-order valence-corrected chi connectivity index (χ3v) is 6.25. The molecule has 1 aromatic carbocycles. The third-order valence-electron chi connectivity index (χ3n) is 4.05. The van der Waals surface area contributed by atoms with E-state index < -0.39 is 10.0 Å². The van der Waals surface area contributed by atoms with Crippen molar-refractivity contribution in [3.8, 4) is 0 Å². The molecule has 0 aliphatic heterocycles. The monoisotopic (exact) mass is 364 g/mol. The molecule has 7 heteroatoms. The van der Waals surface area contributed by atoms with Crippen molar-refractivity contribution in [1.82, 2.24) is 4.31 Å². The lowest BCUT2D eigenvalue weighted by Gasteiger charge is -2.20. The second-order valence-electron chi connectivity index (χ2n) is 5.85. The maximum Gasteiger partial charge on any atom is 0.259 e. The van der Waals surface area contributed by atoms with Crippen LogP contribution in [0.5, 0.6) is 0 Å². The SMILES string of the molecule is CCN(CC)S(=O)(=O)c1cc(NC(=O)c2cc(C)oc2C)ccc1C. The molecule has 0 aliphatic carbocycles. The molecule has 0 atom stereocenters. The fourth-order valence-electron chi connectivity index (χ4n) is 2.71. The number of hydrogen-bond donors (Lipinski definition) is 1. The van der Waals surface area contributed by atoms with Crippen molar-refractivity contribution in [2.75, 3.05) is 18.4 Å². The molecule has 0 saturated heterocycles. The van der Waals surface area contributed by atoms with Crippen LogP contribution in [0, 0.1) is 20.8 Å². The van der Waals surface area contributed by atoms with Crippen LogP contribution in [-0.4, -0.2) is 31.7 Å². The number of amides is 1. The Morgan fingerprint density at radius 3 is 2.28 bits per heavy atom. The van der Waals surface area contributed by atoms with E-state index in [9.17, 15) is 13.2 Å². The Kier molecular flexibility index (Phi) is 5.69. The molecule has 1 amide bonds. The largest absolute Gasteiger partial charge is 0.466 e. The molecule has 1 heterocycles. The molecule has 136 valence electrons. The van der Waals surface area contributed by atoms with E-state index in [2.05, 4.69) is 5.32 Å². The first kappa shape index (κ1) is 19.2. The minimum absolute atomic E-state index is 0.203. The van der Waals surface area contributed by atoms with Crippen molar-refractivity contribution in [2.24, 2.45) is 0 Å². The summed E-state index contributed by atoms with van der Waals surface area (Å²) in [5.41, 5.74) is 1.51. The van der Waals surface area contributed by atoms with E-state index in [0.717, 1.165) is 0 Å². The number of carbonyl (C=O) groups is 1. The summed E-state index contributed by atoms with van der Waals surface area (Å²) in [4.78, 5) is 12.6. The highest BCUT2D eigenvalue weighted by Crippen LogP contribution is 2.24. The topological polar surface area (TPSA) is 79.6 Å². The molecule has 1 aromatic heterocycles. The van der Waals surface area contributed by atoms with E-state index in [0.29, 0.717) is 41.4 Å². The Labute approximate surface area is 148 Å². The van der Waals surface area contributed by atoms with Crippen molar-refractivity contribution >= 4 is 21.6 Å². The zero-order valence-corrected chi connectivity index (χ0v) is 16.0. The van der Waals surface area contributed by atoms with Gasteiger partial charge in [0.2, 0.25) is 10.0 Å². The molecule has 0 unspecified atom stereocenters. The Hall–Kier alpha value is -2.12. The van der Waals surface area contributed by atoms with Crippen LogP contribution in [0.3, 0.4) is 0 Å². The van der Waals surface area contributed by atoms with Crippen LogP contribution < -0.4 is 5.32 Å². The number of aryl methyl sites for hydroxylation is 3. The van der Waals surface area contributed by atoms with Crippen molar-refractivity contribution in [1.29, 1.82) is 0 Å². The van der Waals surface area contributed by atoms with Gasteiger partial charge in [-0.05, 0) is 44.5 Å². The summed E-state index contributed by atoms with van der Waals surface area (Å²) in [7, 11) is -3.60. The molecule has 0 saturated carbocycles. The predicted octanol–water partition coefficient (Wildman–Crippen LogP) is 3.49. The minimum Gasteiger partial charge on any atom is -0.466 e.